The lowest BCUT2D eigenvalue weighted by Gasteiger charge is -2.59. The van der Waals surface area contributed by atoms with Gasteiger partial charge in [-0.2, -0.15) is 0 Å². The second kappa shape index (κ2) is 6.96. The van der Waals surface area contributed by atoms with Crippen LogP contribution in [-0.4, -0.2) is 22.9 Å². The Morgan fingerprint density at radius 1 is 0.966 bits per heavy atom. The molecule has 0 radical (unpaired) electrons. The molecule has 2 nitrogen and oxygen atoms in total. The molecule has 4 aliphatic carbocycles. The molecule has 1 saturated heterocycles. The molecule has 10 atom stereocenters. The summed E-state index contributed by atoms with van der Waals surface area (Å²) in [5.74, 6) is 5.31. The van der Waals surface area contributed by atoms with E-state index in [1.54, 1.807) is 0 Å². The van der Waals surface area contributed by atoms with E-state index in [1.165, 1.54) is 57.8 Å². The Bertz CT molecular complexity index is 630. The van der Waals surface area contributed by atoms with Crippen LogP contribution in [-0.2, 0) is 4.74 Å². The van der Waals surface area contributed by atoms with Crippen molar-refractivity contribution < 1.29 is 9.84 Å². The molecule has 5 rings (SSSR count). The smallest absolute Gasteiger partial charge is 0.103 e. The van der Waals surface area contributed by atoms with E-state index >= 15 is 0 Å². The normalized spacial score (nSPS) is 54.3. The Balaban J connectivity index is 1.33. The van der Waals surface area contributed by atoms with E-state index in [-0.39, 0.29) is 11.7 Å². The summed E-state index contributed by atoms with van der Waals surface area (Å²) in [6, 6.07) is 0. The fourth-order valence-corrected chi connectivity index (χ4v) is 9.68. The zero-order valence-corrected chi connectivity index (χ0v) is 19.8. The van der Waals surface area contributed by atoms with Crippen LogP contribution in [0.3, 0.4) is 0 Å². The summed E-state index contributed by atoms with van der Waals surface area (Å²) in [5, 5.41) is 10.4. The third-order valence-electron chi connectivity index (χ3n) is 11.3. The van der Waals surface area contributed by atoms with E-state index in [0.717, 1.165) is 48.3 Å². The summed E-state index contributed by atoms with van der Waals surface area (Å²) in [5.41, 5.74) is 0.932. The monoisotopic (exact) mass is 402 g/mol. The van der Waals surface area contributed by atoms with Gasteiger partial charge in [-0.05, 0) is 85.9 Å². The molecule has 1 aliphatic heterocycles. The highest BCUT2D eigenvalue weighted by atomic mass is 16.6. The van der Waals surface area contributed by atoms with Crippen LogP contribution in [0.1, 0.15) is 105 Å². The molecule has 1 N–H and O–H groups in total. The van der Waals surface area contributed by atoms with Crippen LogP contribution in [0.4, 0.5) is 0 Å². The van der Waals surface area contributed by atoms with Gasteiger partial charge in [0, 0.05) is 11.8 Å². The van der Waals surface area contributed by atoms with Gasteiger partial charge in [-0.25, -0.2) is 0 Å². The number of aliphatic hydroxyl groups is 1. The molecule has 166 valence electrons. The number of aliphatic hydroxyl groups excluding tert-OH is 1. The average Bonchev–Trinajstić information content (AvgIpc) is 3.22. The standard InChI is InChI=1S/C27H46O2/c1-17(2)7-6-8-18(3)21-9-10-22-20-15-24-27(29-24)16-19(28)11-14-26(27,5)23(20)12-13-25(21,22)4/h17-24,28H,6-16H2,1-5H3/t18-,19+,20-,21-,22+,23-,24-,25-,26-,27-/m1/s1. The summed E-state index contributed by atoms with van der Waals surface area (Å²) in [6.07, 6.45) is 14.8. The fourth-order valence-electron chi connectivity index (χ4n) is 9.68. The van der Waals surface area contributed by atoms with Crippen molar-refractivity contribution >= 4 is 0 Å². The van der Waals surface area contributed by atoms with Crippen molar-refractivity contribution in [2.45, 2.75) is 123 Å². The van der Waals surface area contributed by atoms with Crippen molar-refractivity contribution in [1.29, 1.82) is 0 Å². The fraction of sp³-hybridized carbons (Fsp3) is 1.00. The van der Waals surface area contributed by atoms with Crippen LogP contribution >= 0.6 is 0 Å². The summed E-state index contributed by atoms with van der Waals surface area (Å²) in [4.78, 5) is 0. The lowest BCUT2D eigenvalue weighted by Crippen LogP contribution is -2.58. The number of rotatable bonds is 5. The van der Waals surface area contributed by atoms with Crippen LogP contribution in [0.2, 0.25) is 0 Å². The average molecular weight is 403 g/mol. The molecular formula is C27H46O2. The molecule has 2 heteroatoms. The van der Waals surface area contributed by atoms with Crippen LogP contribution < -0.4 is 0 Å². The van der Waals surface area contributed by atoms with Gasteiger partial charge in [0.25, 0.3) is 0 Å². The highest BCUT2D eigenvalue weighted by Gasteiger charge is 2.76. The Hall–Kier alpha value is -0.0800. The topological polar surface area (TPSA) is 32.8 Å². The summed E-state index contributed by atoms with van der Waals surface area (Å²) in [7, 11) is 0. The van der Waals surface area contributed by atoms with E-state index < -0.39 is 0 Å². The van der Waals surface area contributed by atoms with Crippen LogP contribution in [0, 0.1) is 46.3 Å². The van der Waals surface area contributed by atoms with Crippen molar-refractivity contribution in [3.05, 3.63) is 0 Å². The van der Waals surface area contributed by atoms with Gasteiger partial charge in [-0.15, -0.1) is 0 Å². The maximum atomic E-state index is 10.4. The van der Waals surface area contributed by atoms with Gasteiger partial charge < -0.3 is 9.84 Å². The summed E-state index contributed by atoms with van der Waals surface area (Å²) in [6.45, 7) is 12.6. The lowest BCUT2D eigenvalue weighted by molar-refractivity contribution is -0.116. The summed E-state index contributed by atoms with van der Waals surface area (Å²) >= 11 is 0. The van der Waals surface area contributed by atoms with Gasteiger partial charge in [0.05, 0.1) is 12.2 Å². The minimum Gasteiger partial charge on any atom is -0.393 e. The largest absolute Gasteiger partial charge is 0.393 e. The molecule has 0 aromatic carbocycles. The first kappa shape index (κ1) is 20.8. The predicted octanol–water partition coefficient (Wildman–Crippen LogP) is 6.60. The maximum Gasteiger partial charge on any atom is 0.103 e. The van der Waals surface area contributed by atoms with Gasteiger partial charge in [-0.1, -0.05) is 53.9 Å². The minimum atomic E-state index is -0.124. The van der Waals surface area contributed by atoms with Gasteiger partial charge >= 0.3 is 0 Å². The molecular weight excluding hydrogens is 356 g/mol. The first-order valence-electron chi connectivity index (χ1n) is 13.1. The SMILES string of the molecule is CC(C)CCC[C@@H](C)[C@H]1CC[C@H]2[C@H]3C[C@H]4O[C@]45C[C@@H](O)CC[C@]5(C)[C@@H]3CC[C@]12C. The second-order valence-corrected chi connectivity index (χ2v) is 13.0. The van der Waals surface area contributed by atoms with Crippen molar-refractivity contribution in [1.82, 2.24) is 0 Å². The Kier molecular flexibility index (Phi) is 4.99. The molecule has 0 aromatic heterocycles. The molecule has 1 spiro atoms. The van der Waals surface area contributed by atoms with Gasteiger partial charge in [0.2, 0.25) is 0 Å². The van der Waals surface area contributed by atoms with Crippen molar-refractivity contribution in [3.8, 4) is 0 Å². The molecule has 29 heavy (non-hydrogen) atoms. The first-order valence-corrected chi connectivity index (χ1v) is 13.1. The van der Waals surface area contributed by atoms with E-state index in [0.29, 0.717) is 16.9 Å². The molecule has 4 saturated carbocycles. The predicted molar refractivity (Wildman–Crippen MR) is 119 cm³/mol. The van der Waals surface area contributed by atoms with Gasteiger partial charge in [0.1, 0.15) is 5.60 Å². The van der Waals surface area contributed by atoms with Crippen LogP contribution in [0.5, 0.6) is 0 Å². The molecule has 5 aliphatic rings. The molecule has 0 amide bonds. The molecule has 5 fully saturated rings. The second-order valence-electron chi connectivity index (χ2n) is 13.0. The number of hydrogen-bond acceptors (Lipinski definition) is 2. The molecule has 0 aromatic rings. The van der Waals surface area contributed by atoms with E-state index in [9.17, 15) is 5.11 Å². The Morgan fingerprint density at radius 3 is 2.52 bits per heavy atom. The van der Waals surface area contributed by atoms with Crippen molar-refractivity contribution in [2.75, 3.05) is 0 Å². The summed E-state index contributed by atoms with van der Waals surface area (Å²) < 4.78 is 6.51. The van der Waals surface area contributed by atoms with Crippen molar-refractivity contribution in [3.63, 3.8) is 0 Å². The number of fused-ring (bicyclic) bond motifs is 4. The highest BCUT2D eigenvalue weighted by molar-refractivity contribution is 5.24. The maximum absolute atomic E-state index is 10.4. The van der Waals surface area contributed by atoms with E-state index in [4.69, 9.17) is 4.74 Å². The Labute approximate surface area is 179 Å². The van der Waals surface area contributed by atoms with Crippen LogP contribution in [0.25, 0.3) is 0 Å². The Morgan fingerprint density at radius 2 is 1.76 bits per heavy atom. The zero-order chi connectivity index (χ0) is 20.6. The quantitative estimate of drug-likeness (QED) is 0.525. The highest BCUT2D eigenvalue weighted by Crippen LogP contribution is 2.74. The lowest BCUT2D eigenvalue weighted by atomic mass is 9.44. The molecule has 0 bridgehead atoms. The third-order valence-corrected chi connectivity index (χ3v) is 11.3. The van der Waals surface area contributed by atoms with Crippen LogP contribution in [0.15, 0.2) is 0 Å². The molecule has 1 heterocycles. The number of ether oxygens (including phenoxy) is 1. The van der Waals surface area contributed by atoms with E-state index in [2.05, 4.69) is 34.6 Å². The van der Waals surface area contributed by atoms with Crippen molar-refractivity contribution in [2.24, 2.45) is 46.3 Å². The van der Waals surface area contributed by atoms with Gasteiger partial charge in [-0.3, -0.25) is 0 Å². The van der Waals surface area contributed by atoms with Gasteiger partial charge in [0.15, 0.2) is 0 Å². The number of epoxide rings is 1. The van der Waals surface area contributed by atoms with E-state index in [1.807, 2.05) is 0 Å². The molecule has 0 unspecified atom stereocenters. The first-order chi connectivity index (χ1) is 13.7. The third kappa shape index (κ3) is 2.94. The number of hydrogen-bond donors (Lipinski definition) is 1. The zero-order valence-electron chi connectivity index (χ0n) is 19.8. The minimum absolute atomic E-state index is 0.0434.